The summed E-state index contributed by atoms with van der Waals surface area (Å²) in [4.78, 5) is 14.6. The molecule has 2 rings (SSSR count). The molecule has 4 heteroatoms. The number of hydrogen-bond acceptors (Lipinski definition) is 3. The molecular weight excluding hydrogens is 221 g/mol. The Bertz CT molecular complexity index is 555. The number of carbonyl (C=O) groups is 1. The summed E-state index contributed by atoms with van der Waals surface area (Å²) in [7, 11) is 1.51. The van der Waals surface area contributed by atoms with Crippen molar-refractivity contribution >= 4 is 6.29 Å². The highest BCUT2D eigenvalue weighted by molar-refractivity contribution is 5.79. The first-order chi connectivity index (χ1) is 8.22. The molecule has 0 spiro atoms. The van der Waals surface area contributed by atoms with E-state index in [0.29, 0.717) is 23.3 Å². The number of carbonyl (C=O) groups excluding carboxylic acids is 1. The van der Waals surface area contributed by atoms with Crippen molar-refractivity contribution in [1.82, 2.24) is 4.98 Å². The maximum absolute atomic E-state index is 13.3. The van der Waals surface area contributed by atoms with E-state index in [4.69, 9.17) is 4.74 Å². The van der Waals surface area contributed by atoms with Gasteiger partial charge in [0.05, 0.1) is 7.11 Å². The predicted octanol–water partition coefficient (Wildman–Crippen LogP) is 2.71. The van der Waals surface area contributed by atoms with Gasteiger partial charge in [0.2, 0.25) is 5.88 Å². The number of ether oxygens (including phenoxy) is 1. The summed E-state index contributed by atoms with van der Waals surface area (Å²) in [6.45, 7) is 0. The summed E-state index contributed by atoms with van der Waals surface area (Å²) in [5.41, 5.74) is 1.67. The van der Waals surface area contributed by atoms with Gasteiger partial charge in [-0.15, -0.1) is 0 Å². The summed E-state index contributed by atoms with van der Waals surface area (Å²) < 4.78 is 18.3. The zero-order valence-corrected chi connectivity index (χ0v) is 9.18. The third kappa shape index (κ3) is 2.47. The Morgan fingerprint density at radius 1 is 1.24 bits per heavy atom. The van der Waals surface area contributed by atoms with E-state index in [1.165, 1.54) is 19.2 Å². The van der Waals surface area contributed by atoms with Crippen molar-refractivity contribution in [2.75, 3.05) is 7.11 Å². The first-order valence-corrected chi connectivity index (χ1v) is 4.99. The second-order valence-corrected chi connectivity index (χ2v) is 3.48. The Kier molecular flexibility index (Phi) is 3.14. The molecule has 1 aromatic heterocycles. The van der Waals surface area contributed by atoms with Crippen LogP contribution in [0.3, 0.4) is 0 Å². The fourth-order valence-corrected chi connectivity index (χ4v) is 1.55. The van der Waals surface area contributed by atoms with E-state index in [1.807, 2.05) is 0 Å². The summed E-state index contributed by atoms with van der Waals surface area (Å²) in [6.07, 6.45) is 2.19. The normalized spacial score (nSPS) is 10.0. The van der Waals surface area contributed by atoms with Crippen molar-refractivity contribution in [3.63, 3.8) is 0 Å². The second-order valence-electron chi connectivity index (χ2n) is 3.48. The van der Waals surface area contributed by atoms with Gasteiger partial charge in [-0.2, -0.15) is 0 Å². The van der Waals surface area contributed by atoms with Crippen molar-refractivity contribution in [2.24, 2.45) is 0 Å². The lowest BCUT2D eigenvalue weighted by Crippen LogP contribution is -1.90. The summed E-state index contributed by atoms with van der Waals surface area (Å²) in [5.74, 6) is -0.000191. The summed E-state index contributed by atoms with van der Waals surface area (Å²) in [6, 6.07) is 7.58. The molecule has 17 heavy (non-hydrogen) atoms. The molecule has 0 unspecified atom stereocenters. The zero-order chi connectivity index (χ0) is 12.3. The molecule has 0 aliphatic heterocycles. The maximum atomic E-state index is 13.3. The van der Waals surface area contributed by atoms with Gasteiger partial charge in [0.25, 0.3) is 0 Å². The van der Waals surface area contributed by atoms with Crippen molar-refractivity contribution < 1.29 is 13.9 Å². The molecule has 0 bridgehead atoms. The number of rotatable bonds is 3. The second kappa shape index (κ2) is 4.74. The van der Waals surface area contributed by atoms with Gasteiger partial charge in [-0.1, -0.05) is 0 Å². The van der Waals surface area contributed by atoms with Crippen molar-refractivity contribution in [2.45, 2.75) is 0 Å². The minimum atomic E-state index is -0.444. The van der Waals surface area contributed by atoms with Gasteiger partial charge >= 0.3 is 0 Å². The topological polar surface area (TPSA) is 39.2 Å². The Hall–Kier alpha value is -2.23. The molecule has 3 nitrogen and oxygen atoms in total. The third-order valence-corrected chi connectivity index (χ3v) is 2.33. The first-order valence-electron chi connectivity index (χ1n) is 4.99. The number of aromatic nitrogens is 1. The monoisotopic (exact) mass is 231 g/mol. The minimum Gasteiger partial charge on any atom is -0.481 e. The largest absolute Gasteiger partial charge is 0.481 e. The lowest BCUT2D eigenvalue weighted by molar-refractivity contribution is 0.112. The standard InChI is InChI=1S/C13H10FNO2/c1-17-13-7-10(2-3-15-13)11-4-9(8-16)5-12(14)6-11/h2-8H,1H3. The van der Waals surface area contributed by atoms with Crippen LogP contribution < -0.4 is 4.74 Å². The van der Waals surface area contributed by atoms with Crippen molar-refractivity contribution in [1.29, 1.82) is 0 Å². The van der Waals surface area contributed by atoms with Gasteiger partial charge in [0.15, 0.2) is 0 Å². The van der Waals surface area contributed by atoms with E-state index in [0.717, 1.165) is 5.56 Å². The van der Waals surface area contributed by atoms with Gasteiger partial charge in [-0.3, -0.25) is 4.79 Å². The molecule has 0 N–H and O–H groups in total. The van der Waals surface area contributed by atoms with E-state index >= 15 is 0 Å². The highest BCUT2D eigenvalue weighted by atomic mass is 19.1. The number of benzene rings is 1. The van der Waals surface area contributed by atoms with Crippen LogP contribution in [-0.2, 0) is 0 Å². The third-order valence-electron chi connectivity index (χ3n) is 2.33. The Labute approximate surface area is 97.9 Å². The Morgan fingerprint density at radius 3 is 2.76 bits per heavy atom. The van der Waals surface area contributed by atoms with Crippen LogP contribution in [0.15, 0.2) is 36.5 Å². The summed E-state index contributed by atoms with van der Waals surface area (Å²) in [5, 5.41) is 0. The van der Waals surface area contributed by atoms with E-state index in [2.05, 4.69) is 4.98 Å². The zero-order valence-electron chi connectivity index (χ0n) is 9.18. The highest BCUT2D eigenvalue weighted by Crippen LogP contribution is 2.23. The van der Waals surface area contributed by atoms with E-state index in [9.17, 15) is 9.18 Å². The molecule has 0 saturated carbocycles. The van der Waals surface area contributed by atoms with Crippen LogP contribution in [0.2, 0.25) is 0 Å². The molecular formula is C13H10FNO2. The lowest BCUT2D eigenvalue weighted by Gasteiger charge is -2.05. The molecule has 0 radical (unpaired) electrons. The number of hydrogen-bond donors (Lipinski definition) is 0. The minimum absolute atomic E-state index is 0.302. The van der Waals surface area contributed by atoms with Crippen LogP contribution >= 0.6 is 0 Å². The van der Waals surface area contributed by atoms with Gasteiger partial charge in [-0.05, 0) is 35.4 Å². The fraction of sp³-hybridized carbons (Fsp3) is 0.0769. The molecule has 0 fully saturated rings. The molecule has 1 aromatic carbocycles. The average Bonchev–Trinajstić information content (AvgIpc) is 2.38. The Balaban J connectivity index is 2.51. The summed E-state index contributed by atoms with van der Waals surface area (Å²) >= 11 is 0. The highest BCUT2D eigenvalue weighted by Gasteiger charge is 2.04. The quantitative estimate of drug-likeness (QED) is 0.762. The Morgan fingerprint density at radius 2 is 2.06 bits per heavy atom. The van der Waals surface area contributed by atoms with Gasteiger partial charge in [-0.25, -0.2) is 9.37 Å². The molecule has 86 valence electrons. The molecule has 0 aliphatic rings. The van der Waals surface area contributed by atoms with E-state index in [1.54, 1.807) is 24.4 Å². The SMILES string of the molecule is COc1cc(-c2cc(F)cc(C=O)c2)ccn1. The van der Waals surface area contributed by atoms with Gasteiger partial charge in [0.1, 0.15) is 12.1 Å². The molecule has 0 saturated heterocycles. The number of pyridine rings is 1. The number of halogens is 1. The van der Waals surface area contributed by atoms with Crippen LogP contribution in [-0.4, -0.2) is 18.4 Å². The average molecular weight is 231 g/mol. The van der Waals surface area contributed by atoms with Crippen LogP contribution in [0.5, 0.6) is 5.88 Å². The van der Waals surface area contributed by atoms with Crippen LogP contribution in [0.4, 0.5) is 4.39 Å². The maximum Gasteiger partial charge on any atom is 0.213 e. The number of nitrogens with zero attached hydrogens (tertiary/aromatic N) is 1. The van der Waals surface area contributed by atoms with Crippen molar-refractivity contribution in [3.05, 3.63) is 47.9 Å². The fourth-order valence-electron chi connectivity index (χ4n) is 1.55. The smallest absolute Gasteiger partial charge is 0.213 e. The molecule has 0 amide bonds. The first kappa shape index (κ1) is 11.3. The van der Waals surface area contributed by atoms with Crippen LogP contribution in [0.25, 0.3) is 11.1 Å². The molecule has 2 aromatic rings. The lowest BCUT2D eigenvalue weighted by atomic mass is 10.0. The van der Waals surface area contributed by atoms with E-state index in [-0.39, 0.29) is 0 Å². The van der Waals surface area contributed by atoms with Gasteiger partial charge < -0.3 is 4.74 Å². The molecule has 0 atom stereocenters. The predicted molar refractivity (Wildman–Crippen MR) is 61.6 cm³/mol. The molecule has 0 aliphatic carbocycles. The van der Waals surface area contributed by atoms with E-state index < -0.39 is 5.82 Å². The van der Waals surface area contributed by atoms with Crippen LogP contribution in [0, 0.1) is 5.82 Å². The molecule has 1 heterocycles. The number of aldehydes is 1. The number of methoxy groups -OCH3 is 1. The van der Waals surface area contributed by atoms with Gasteiger partial charge in [0, 0.05) is 17.8 Å². The van der Waals surface area contributed by atoms with Crippen molar-refractivity contribution in [3.8, 4) is 17.0 Å². The van der Waals surface area contributed by atoms with Crippen LogP contribution in [0.1, 0.15) is 10.4 Å².